The Balaban J connectivity index is 2.04. The summed E-state index contributed by atoms with van der Waals surface area (Å²) in [6, 6.07) is 16.5. The first-order valence-electron chi connectivity index (χ1n) is 9.20. The molecule has 0 bridgehead atoms. The van der Waals surface area contributed by atoms with Gasteiger partial charge < -0.3 is 9.64 Å². The van der Waals surface area contributed by atoms with Crippen LogP contribution in [0.1, 0.15) is 24.0 Å². The van der Waals surface area contributed by atoms with E-state index in [-0.39, 0.29) is 5.78 Å². The highest BCUT2D eigenvalue weighted by molar-refractivity contribution is 9.10. The number of halogens is 1. The molecule has 0 radical (unpaired) electrons. The van der Waals surface area contributed by atoms with Crippen molar-refractivity contribution in [3.63, 3.8) is 0 Å². The number of nitriles is 2. The van der Waals surface area contributed by atoms with Crippen LogP contribution in [0.5, 0.6) is 5.75 Å². The molecule has 3 unspecified atom stereocenters. The molecule has 2 aromatic rings. The molecule has 29 heavy (non-hydrogen) atoms. The number of benzene rings is 2. The molecule has 0 aromatic heterocycles. The third-order valence-electron chi connectivity index (χ3n) is 5.86. The summed E-state index contributed by atoms with van der Waals surface area (Å²) < 4.78 is 6.35. The minimum atomic E-state index is -1.45. The average Bonchev–Trinajstić information content (AvgIpc) is 3.04. The molecule has 4 rings (SSSR count). The summed E-state index contributed by atoms with van der Waals surface area (Å²) in [6.45, 7) is 1.52. The van der Waals surface area contributed by atoms with Crippen LogP contribution < -0.4 is 9.64 Å². The highest BCUT2D eigenvalue weighted by Gasteiger charge is 2.63. The maximum absolute atomic E-state index is 13.0. The number of hydrogen-bond acceptors (Lipinski definition) is 5. The number of methoxy groups -OCH3 is 1. The van der Waals surface area contributed by atoms with Crippen molar-refractivity contribution in [1.82, 2.24) is 0 Å². The Morgan fingerprint density at radius 1 is 1.21 bits per heavy atom. The molecule has 2 aliphatic heterocycles. The lowest BCUT2D eigenvalue weighted by Crippen LogP contribution is -2.43. The average molecular weight is 448 g/mol. The molecule has 1 fully saturated rings. The molecule has 0 aliphatic carbocycles. The Hall–Kier alpha value is -3.09. The van der Waals surface area contributed by atoms with Crippen LogP contribution in [0.3, 0.4) is 0 Å². The Bertz CT molecular complexity index is 1100. The zero-order chi connectivity index (χ0) is 20.8. The van der Waals surface area contributed by atoms with Crippen LogP contribution in [-0.4, -0.2) is 25.0 Å². The van der Waals surface area contributed by atoms with Gasteiger partial charge in [0, 0.05) is 21.6 Å². The maximum atomic E-state index is 13.0. The molecule has 6 heteroatoms. The number of carbonyl (C=O) groups is 1. The lowest BCUT2D eigenvalue weighted by atomic mass is 9.69. The third kappa shape index (κ3) is 2.68. The van der Waals surface area contributed by atoms with Crippen molar-refractivity contribution in [3.8, 4) is 17.9 Å². The highest BCUT2D eigenvalue weighted by atomic mass is 79.9. The van der Waals surface area contributed by atoms with E-state index in [0.717, 1.165) is 15.7 Å². The molecule has 2 aliphatic rings. The number of para-hydroxylation sites is 1. The number of anilines is 1. The van der Waals surface area contributed by atoms with Gasteiger partial charge in [-0.3, -0.25) is 4.79 Å². The van der Waals surface area contributed by atoms with E-state index in [2.05, 4.69) is 28.1 Å². The molecule has 2 aromatic carbocycles. The first-order chi connectivity index (χ1) is 14.0. The van der Waals surface area contributed by atoms with Gasteiger partial charge in [0.05, 0.1) is 31.3 Å². The molecule has 1 saturated heterocycles. The number of fused-ring (bicyclic) bond motifs is 3. The Morgan fingerprint density at radius 3 is 2.59 bits per heavy atom. The van der Waals surface area contributed by atoms with Gasteiger partial charge in [-0.2, -0.15) is 10.5 Å². The van der Waals surface area contributed by atoms with Crippen molar-refractivity contribution >= 4 is 33.5 Å². The van der Waals surface area contributed by atoms with Crippen LogP contribution in [0.4, 0.5) is 5.69 Å². The van der Waals surface area contributed by atoms with E-state index in [1.165, 1.54) is 6.92 Å². The van der Waals surface area contributed by atoms with E-state index in [1.807, 2.05) is 53.5 Å². The fourth-order valence-corrected chi connectivity index (χ4v) is 5.06. The van der Waals surface area contributed by atoms with Crippen LogP contribution in [0, 0.1) is 28.1 Å². The number of rotatable bonds is 3. The zero-order valence-corrected chi connectivity index (χ0v) is 17.6. The summed E-state index contributed by atoms with van der Waals surface area (Å²) in [5.41, 5.74) is 1.03. The zero-order valence-electron chi connectivity index (χ0n) is 16.0. The fourth-order valence-electron chi connectivity index (χ4n) is 4.68. The molecule has 5 nitrogen and oxygen atoms in total. The summed E-state index contributed by atoms with van der Waals surface area (Å²) in [7, 11) is 1.55. The maximum Gasteiger partial charge on any atom is 0.176 e. The monoisotopic (exact) mass is 447 g/mol. The summed E-state index contributed by atoms with van der Waals surface area (Å²) in [6.07, 6.45) is 3.80. The molecule has 3 atom stereocenters. The van der Waals surface area contributed by atoms with Gasteiger partial charge in [-0.15, -0.1) is 0 Å². The Labute approximate surface area is 177 Å². The molecule has 2 heterocycles. The standard InChI is InChI=1S/C23H18BrN3O2/c1-14(28)22-21(17-11-16(24)8-9-19(17)29-2)23(12-25,13-26)20-10-7-15-5-3-4-6-18(15)27(20)22/h3-11,20-22H,1-2H3. The normalized spacial score (nSPS) is 23.5. The third-order valence-corrected chi connectivity index (χ3v) is 6.35. The van der Waals surface area contributed by atoms with Crippen molar-refractivity contribution in [2.24, 2.45) is 5.41 Å². The predicted molar refractivity (Wildman–Crippen MR) is 113 cm³/mol. The van der Waals surface area contributed by atoms with Crippen molar-refractivity contribution in [3.05, 3.63) is 64.1 Å². The number of carbonyl (C=O) groups excluding carboxylic acids is 1. The van der Waals surface area contributed by atoms with Crippen molar-refractivity contribution < 1.29 is 9.53 Å². The molecule has 0 spiro atoms. The minimum absolute atomic E-state index is 0.0977. The highest BCUT2D eigenvalue weighted by Crippen LogP contribution is 2.56. The van der Waals surface area contributed by atoms with Crippen LogP contribution in [0.15, 0.2) is 53.0 Å². The minimum Gasteiger partial charge on any atom is -0.496 e. The van der Waals surface area contributed by atoms with Gasteiger partial charge in [0.1, 0.15) is 5.75 Å². The Kier molecular flexibility index (Phi) is 4.68. The topological polar surface area (TPSA) is 77.1 Å². The second kappa shape index (κ2) is 7.06. The van der Waals surface area contributed by atoms with Crippen molar-refractivity contribution in [2.45, 2.75) is 24.9 Å². The Morgan fingerprint density at radius 2 is 1.93 bits per heavy atom. The summed E-state index contributed by atoms with van der Waals surface area (Å²) in [4.78, 5) is 14.9. The number of nitrogens with zero attached hydrogens (tertiary/aromatic N) is 3. The fraction of sp³-hybridized carbons (Fsp3) is 0.261. The van der Waals surface area contributed by atoms with Crippen LogP contribution in [-0.2, 0) is 4.79 Å². The van der Waals surface area contributed by atoms with Gasteiger partial charge in [0.25, 0.3) is 0 Å². The van der Waals surface area contributed by atoms with Crippen molar-refractivity contribution in [1.29, 1.82) is 10.5 Å². The summed E-state index contributed by atoms with van der Waals surface area (Å²) in [5.74, 6) is -0.223. The molecular formula is C23H18BrN3O2. The van der Waals surface area contributed by atoms with Gasteiger partial charge in [0.15, 0.2) is 11.2 Å². The quantitative estimate of drug-likeness (QED) is 0.694. The largest absolute Gasteiger partial charge is 0.496 e. The van der Waals surface area contributed by atoms with Crippen LogP contribution in [0.2, 0.25) is 0 Å². The van der Waals surface area contributed by atoms with Crippen molar-refractivity contribution in [2.75, 3.05) is 12.0 Å². The number of ether oxygens (including phenoxy) is 1. The second-order valence-electron chi connectivity index (χ2n) is 7.28. The van der Waals surface area contributed by atoms with E-state index in [0.29, 0.717) is 11.3 Å². The van der Waals surface area contributed by atoms with Crippen LogP contribution in [0.25, 0.3) is 6.08 Å². The second-order valence-corrected chi connectivity index (χ2v) is 8.20. The van der Waals surface area contributed by atoms with Crippen LogP contribution >= 0.6 is 15.9 Å². The molecule has 0 N–H and O–H groups in total. The number of hydrogen-bond donors (Lipinski definition) is 0. The smallest absolute Gasteiger partial charge is 0.176 e. The molecular weight excluding hydrogens is 430 g/mol. The summed E-state index contributed by atoms with van der Waals surface area (Å²) >= 11 is 3.48. The first kappa shape index (κ1) is 19.2. The predicted octanol–water partition coefficient (Wildman–Crippen LogP) is 4.45. The lowest BCUT2D eigenvalue weighted by Gasteiger charge is -2.35. The number of ketones is 1. The van der Waals surface area contributed by atoms with E-state index in [9.17, 15) is 15.3 Å². The van der Waals surface area contributed by atoms with E-state index >= 15 is 0 Å². The van der Waals surface area contributed by atoms with Gasteiger partial charge in [-0.1, -0.05) is 46.3 Å². The van der Waals surface area contributed by atoms with E-state index in [1.54, 1.807) is 13.2 Å². The molecule has 0 amide bonds. The number of Topliss-reactive ketones (excluding diaryl/α,β-unsaturated/α-hetero) is 1. The van der Waals surface area contributed by atoms with Gasteiger partial charge >= 0.3 is 0 Å². The SMILES string of the molecule is COc1ccc(Br)cc1C1C(C(C)=O)N2c3ccccc3C=CC2C1(C#N)C#N. The van der Waals surface area contributed by atoms with E-state index < -0.39 is 23.4 Å². The lowest BCUT2D eigenvalue weighted by molar-refractivity contribution is -0.118. The van der Waals surface area contributed by atoms with Gasteiger partial charge in [0.2, 0.25) is 0 Å². The van der Waals surface area contributed by atoms with E-state index in [4.69, 9.17) is 4.74 Å². The summed E-state index contributed by atoms with van der Waals surface area (Å²) in [5, 5.41) is 20.5. The van der Waals surface area contributed by atoms with Gasteiger partial charge in [-0.05, 0) is 36.8 Å². The molecule has 144 valence electrons. The molecule has 0 saturated carbocycles. The first-order valence-corrected chi connectivity index (χ1v) is 9.99. The van der Waals surface area contributed by atoms with Gasteiger partial charge in [-0.25, -0.2) is 0 Å².